The second kappa shape index (κ2) is 24.8. The van der Waals surface area contributed by atoms with Crippen LogP contribution in [0.25, 0.3) is 0 Å². The van der Waals surface area contributed by atoms with E-state index in [1.54, 1.807) is 12.1 Å². The molecule has 0 aliphatic heterocycles. The Bertz CT molecular complexity index is 3180. The van der Waals surface area contributed by atoms with E-state index in [-0.39, 0.29) is 40.2 Å². The lowest BCUT2D eigenvalue weighted by Gasteiger charge is -2.30. The molecular formula is C62H62O14. The van der Waals surface area contributed by atoms with Gasteiger partial charge in [0.25, 0.3) is 0 Å². The zero-order valence-corrected chi connectivity index (χ0v) is 44.2. The largest absolute Gasteiger partial charge is 0.426 e. The highest BCUT2D eigenvalue weighted by Crippen LogP contribution is 2.52. The Morgan fingerprint density at radius 2 is 0.592 bits per heavy atom. The number of benzene rings is 6. The van der Waals surface area contributed by atoms with Gasteiger partial charge in [0.15, 0.2) is 0 Å². The van der Waals surface area contributed by atoms with Crippen molar-refractivity contribution in [1.29, 1.82) is 0 Å². The summed E-state index contributed by atoms with van der Waals surface area (Å²) in [5.74, 6) is -6.78. The monoisotopic (exact) mass is 1030 g/mol. The van der Waals surface area contributed by atoms with Crippen LogP contribution >= 0.6 is 0 Å². The van der Waals surface area contributed by atoms with Gasteiger partial charge in [-0.25, -0.2) is 0 Å². The minimum absolute atomic E-state index is 0.0345. The summed E-state index contributed by atoms with van der Waals surface area (Å²) in [6.07, 6.45) is 2.42. The van der Waals surface area contributed by atoms with Gasteiger partial charge in [0.1, 0.15) is 40.2 Å². The fourth-order valence-electron chi connectivity index (χ4n) is 10.3. The number of aryl methyl sites for hydroxylation is 2. The summed E-state index contributed by atoms with van der Waals surface area (Å²) < 4.78 is 42.3. The number of carbonyl (C=O) groups is 7. The van der Waals surface area contributed by atoms with Crippen LogP contribution < -0.4 is 33.2 Å². The van der Waals surface area contributed by atoms with E-state index < -0.39 is 65.5 Å². The molecule has 1 aliphatic rings. The van der Waals surface area contributed by atoms with Crippen molar-refractivity contribution in [2.75, 3.05) is 0 Å². The van der Waals surface area contributed by atoms with Crippen LogP contribution in [0.3, 0.4) is 0 Å². The second-order valence-corrected chi connectivity index (χ2v) is 18.8. The maximum atomic E-state index is 13.2. The van der Waals surface area contributed by atoms with Gasteiger partial charge in [0, 0.05) is 129 Å². The minimum atomic E-state index is -0.768. The lowest BCUT2D eigenvalue weighted by Crippen LogP contribution is -2.18. The molecule has 0 saturated heterocycles. The van der Waals surface area contributed by atoms with Crippen molar-refractivity contribution in [3.8, 4) is 40.2 Å². The maximum Gasteiger partial charge on any atom is 0.308 e. The Kier molecular flexibility index (Phi) is 18.0. The van der Waals surface area contributed by atoms with Crippen LogP contribution in [-0.4, -0.2) is 41.8 Å². The number of esters is 7. The SMILES string of the molecule is CCC1c2cc(c(OC(C)=O)cc2OC(C)=O)C(CCc2ccccc2)c2ccc(OC(C)=O)c(c2)C(CCc2ccccc2)c2cc(c(OC(C)=O)cc2OC(C)=O)C(CC)c2cc1c(OC(C)=O)cc2OC(C)=O. The van der Waals surface area contributed by atoms with E-state index in [1.165, 1.54) is 66.7 Å². The number of rotatable bonds is 15. The number of fused-ring (bicyclic) bond motifs is 8. The van der Waals surface area contributed by atoms with Crippen LogP contribution in [0.4, 0.5) is 0 Å². The van der Waals surface area contributed by atoms with Crippen molar-refractivity contribution >= 4 is 41.8 Å². The predicted molar refractivity (Wildman–Crippen MR) is 282 cm³/mol. The normalized spacial score (nSPS) is 15.6. The van der Waals surface area contributed by atoms with Gasteiger partial charge >= 0.3 is 41.8 Å². The van der Waals surface area contributed by atoms with Crippen LogP contribution in [0, 0.1) is 0 Å². The summed E-state index contributed by atoms with van der Waals surface area (Å²) in [6.45, 7) is 12.7. The molecule has 394 valence electrons. The van der Waals surface area contributed by atoms with E-state index in [9.17, 15) is 33.6 Å². The number of hydrogen-bond donors (Lipinski definition) is 0. The predicted octanol–water partition coefficient (Wildman–Crippen LogP) is 12.1. The van der Waals surface area contributed by atoms with Crippen molar-refractivity contribution in [2.45, 2.75) is 125 Å². The first kappa shape index (κ1) is 55.4. The molecule has 7 rings (SSSR count). The van der Waals surface area contributed by atoms with E-state index in [0.717, 1.165) is 16.7 Å². The summed E-state index contributed by atoms with van der Waals surface area (Å²) in [6, 6.07) is 35.2. The highest BCUT2D eigenvalue weighted by atomic mass is 16.6. The van der Waals surface area contributed by atoms with Gasteiger partial charge < -0.3 is 33.2 Å². The molecule has 4 unspecified atom stereocenters. The molecule has 0 radical (unpaired) electrons. The molecule has 0 heterocycles. The van der Waals surface area contributed by atoms with Crippen LogP contribution in [0.5, 0.6) is 40.2 Å². The van der Waals surface area contributed by atoms with Crippen LogP contribution in [0.1, 0.15) is 167 Å². The molecule has 0 amide bonds. The molecule has 0 spiro atoms. The Hall–Kier alpha value is -8.39. The van der Waals surface area contributed by atoms with Gasteiger partial charge in [-0.05, 0) is 79.5 Å². The van der Waals surface area contributed by atoms with Gasteiger partial charge in [-0.2, -0.15) is 0 Å². The van der Waals surface area contributed by atoms with Gasteiger partial charge in [0.05, 0.1) is 0 Å². The Labute approximate surface area is 442 Å². The summed E-state index contributed by atoms with van der Waals surface area (Å²) in [7, 11) is 0. The number of ether oxygens (including phenoxy) is 7. The fourth-order valence-corrected chi connectivity index (χ4v) is 10.3. The molecule has 0 N–H and O–H groups in total. The molecule has 6 aromatic carbocycles. The zero-order valence-electron chi connectivity index (χ0n) is 44.2. The highest BCUT2D eigenvalue weighted by Gasteiger charge is 2.35. The third kappa shape index (κ3) is 13.5. The van der Waals surface area contributed by atoms with Gasteiger partial charge in [-0.3, -0.25) is 33.6 Å². The van der Waals surface area contributed by atoms with Crippen molar-refractivity contribution in [3.63, 3.8) is 0 Å². The van der Waals surface area contributed by atoms with E-state index in [0.29, 0.717) is 77.5 Å². The quantitative estimate of drug-likeness (QED) is 0.0699. The summed E-state index contributed by atoms with van der Waals surface area (Å²) in [5.41, 5.74) is 6.05. The molecule has 6 aromatic rings. The average molecular weight is 1030 g/mol. The van der Waals surface area contributed by atoms with E-state index in [4.69, 9.17) is 33.2 Å². The third-order valence-electron chi connectivity index (χ3n) is 13.2. The molecule has 14 heteroatoms. The summed E-state index contributed by atoms with van der Waals surface area (Å²) in [4.78, 5) is 92.0. The molecule has 0 fully saturated rings. The fraction of sp³-hybridized carbons (Fsp3) is 0.306. The van der Waals surface area contributed by atoms with Crippen LogP contribution in [-0.2, 0) is 46.4 Å². The molecule has 0 aromatic heterocycles. The van der Waals surface area contributed by atoms with Crippen molar-refractivity contribution < 1.29 is 66.7 Å². The van der Waals surface area contributed by atoms with Gasteiger partial charge in [0.2, 0.25) is 0 Å². The van der Waals surface area contributed by atoms with E-state index in [2.05, 4.69) is 0 Å². The first-order valence-corrected chi connectivity index (χ1v) is 25.4. The van der Waals surface area contributed by atoms with Gasteiger partial charge in [-0.1, -0.05) is 86.6 Å². The van der Waals surface area contributed by atoms with E-state index in [1.807, 2.05) is 98.8 Å². The van der Waals surface area contributed by atoms with Gasteiger partial charge in [-0.15, -0.1) is 0 Å². The Morgan fingerprint density at radius 3 is 0.908 bits per heavy atom. The maximum absolute atomic E-state index is 13.2. The first-order chi connectivity index (χ1) is 36.3. The molecule has 8 bridgehead atoms. The van der Waals surface area contributed by atoms with Crippen molar-refractivity contribution in [1.82, 2.24) is 0 Å². The highest BCUT2D eigenvalue weighted by molar-refractivity contribution is 5.77. The molecule has 4 atom stereocenters. The molecule has 76 heavy (non-hydrogen) atoms. The second-order valence-electron chi connectivity index (χ2n) is 18.8. The smallest absolute Gasteiger partial charge is 0.308 e. The lowest BCUT2D eigenvalue weighted by molar-refractivity contribution is -0.133. The van der Waals surface area contributed by atoms with Crippen LogP contribution in [0.2, 0.25) is 0 Å². The molecule has 1 aliphatic carbocycles. The standard InChI is InChI=1S/C62H62O14/c1-10-45-50-29-51(58(72-37(5)65)32-57(50)71-36(4)64)46(11-2)53-31-55(62(76-41(9)69)34-60(53)74-39(7)67)48(26-23-43-20-16-13-17-21-43)49-28-44(24-27-56(49)70-35(3)63)47(25-22-42-18-14-12-15-19-42)54-30-52(45)59(73-38(6)66)33-61(54)75-40(8)68/h12-21,24,27-34,45-48H,10-11,22-23,25-26H2,1-9H3. The van der Waals surface area contributed by atoms with Crippen molar-refractivity contribution in [2.24, 2.45) is 0 Å². The Morgan fingerprint density at radius 1 is 0.316 bits per heavy atom. The van der Waals surface area contributed by atoms with E-state index >= 15 is 0 Å². The molecule has 14 nitrogen and oxygen atoms in total. The molecule has 0 saturated carbocycles. The average Bonchev–Trinajstić information content (AvgIpc) is 3.39. The van der Waals surface area contributed by atoms with Crippen LogP contribution in [0.15, 0.2) is 115 Å². The third-order valence-corrected chi connectivity index (χ3v) is 13.2. The topological polar surface area (TPSA) is 184 Å². The van der Waals surface area contributed by atoms with Crippen molar-refractivity contribution in [3.05, 3.63) is 171 Å². The summed E-state index contributed by atoms with van der Waals surface area (Å²) in [5, 5.41) is 0. The molecular weight excluding hydrogens is 969 g/mol. The lowest BCUT2D eigenvalue weighted by atomic mass is 9.77. The number of carbonyl (C=O) groups excluding carboxylic acids is 7. The Balaban J connectivity index is 1.73. The zero-order chi connectivity index (χ0) is 54.8. The first-order valence-electron chi connectivity index (χ1n) is 25.4. The summed E-state index contributed by atoms with van der Waals surface area (Å²) >= 11 is 0. The number of hydrogen-bond acceptors (Lipinski definition) is 14. The minimum Gasteiger partial charge on any atom is -0.426 e.